The van der Waals surface area contributed by atoms with E-state index in [1.54, 1.807) is 0 Å². The van der Waals surface area contributed by atoms with Crippen molar-refractivity contribution in [3.8, 4) is 0 Å². The topological polar surface area (TPSA) is 17.1 Å². The molecule has 70 valence electrons. The van der Waals surface area contributed by atoms with E-state index in [-0.39, 0.29) is 5.92 Å². The lowest BCUT2D eigenvalue weighted by molar-refractivity contribution is -0.108. The van der Waals surface area contributed by atoms with Crippen molar-refractivity contribution in [3.05, 3.63) is 29.3 Å². The molecule has 0 aliphatic heterocycles. The summed E-state index contributed by atoms with van der Waals surface area (Å²) in [4.78, 5) is 11.6. The number of aldehydes is 1. The van der Waals surface area contributed by atoms with Gasteiger partial charge in [-0.2, -0.15) is 0 Å². The molecule has 0 heterocycles. The fraction of sp³-hybridized carbons (Fsp3) is 0.300. The van der Waals surface area contributed by atoms with E-state index in [9.17, 15) is 4.79 Å². The number of thiol groups is 1. The Balaban J connectivity index is 3.22. The van der Waals surface area contributed by atoms with Crippen LogP contribution in [0.4, 0.5) is 0 Å². The van der Waals surface area contributed by atoms with Crippen LogP contribution in [0.25, 0.3) is 0 Å². The summed E-state index contributed by atoms with van der Waals surface area (Å²) in [6, 6.07) is 5.86. The van der Waals surface area contributed by atoms with Crippen LogP contribution in [-0.2, 0) is 10.1 Å². The van der Waals surface area contributed by atoms with Gasteiger partial charge in [-0.25, -0.2) is 0 Å². The van der Waals surface area contributed by atoms with Crippen molar-refractivity contribution in [3.63, 3.8) is 0 Å². The molecule has 0 aliphatic rings. The Morgan fingerprint density at radius 1 is 1.62 bits per heavy atom. The van der Waals surface area contributed by atoms with E-state index in [4.69, 9.17) is 0 Å². The first kappa shape index (κ1) is 10.8. The Morgan fingerprint density at radius 2 is 2.31 bits per heavy atom. The number of carbonyl (C=O) groups excluding carboxylic acids is 1. The Kier molecular flexibility index (Phi) is 4.00. The van der Waals surface area contributed by atoms with Gasteiger partial charge in [0.05, 0.1) is 0 Å². The molecule has 0 bridgehead atoms. The molecule has 0 aromatic heterocycles. The Bertz CT molecular complexity index is 312. The van der Waals surface area contributed by atoms with E-state index in [0.717, 1.165) is 27.6 Å². The predicted octanol–water partition coefficient (Wildman–Crippen LogP) is 3.17. The molecule has 1 aromatic carbocycles. The maximum Gasteiger partial charge on any atom is 0.127 e. The lowest BCUT2D eigenvalue weighted by Crippen LogP contribution is -2.00. The minimum atomic E-state index is -0.0822. The number of rotatable bonds is 3. The predicted molar refractivity (Wildman–Crippen MR) is 60.8 cm³/mol. The molecule has 0 radical (unpaired) electrons. The number of alkyl halides is 1. The molecule has 1 atom stereocenters. The van der Waals surface area contributed by atoms with E-state index in [0.29, 0.717) is 0 Å². The third-order valence-corrected chi connectivity index (χ3v) is 2.97. The average Bonchev–Trinajstić information content (AvgIpc) is 2.16. The number of hydrogen-bond donors (Lipinski definition) is 1. The van der Waals surface area contributed by atoms with Gasteiger partial charge in [0.1, 0.15) is 6.29 Å². The Morgan fingerprint density at radius 3 is 2.85 bits per heavy atom. The fourth-order valence-electron chi connectivity index (χ4n) is 1.31. The second-order valence-electron chi connectivity index (χ2n) is 2.91. The van der Waals surface area contributed by atoms with Crippen molar-refractivity contribution in [2.45, 2.75) is 23.1 Å². The van der Waals surface area contributed by atoms with Crippen molar-refractivity contribution in [2.75, 3.05) is 0 Å². The van der Waals surface area contributed by atoms with Gasteiger partial charge in [-0.15, -0.1) is 12.6 Å². The highest BCUT2D eigenvalue weighted by Crippen LogP contribution is 2.26. The van der Waals surface area contributed by atoms with Crippen molar-refractivity contribution in [1.29, 1.82) is 0 Å². The van der Waals surface area contributed by atoms with E-state index in [1.807, 2.05) is 25.1 Å². The van der Waals surface area contributed by atoms with Crippen molar-refractivity contribution >= 4 is 34.8 Å². The highest BCUT2D eigenvalue weighted by atomic mass is 79.9. The minimum absolute atomic E-state index is 0.0822. The Labute approximate surface area is 92.1 Å². The lowest BCUT2D eigenvalue weighted by Gasteiger charge is -2.12. The highest BCUT2D eigenvalue weighted by Gasteiger charge is 2.11. The molecule has 3 heteroatoms. The lowest BCUT2D eigenvalue weighted by atomic mass is 9.98. The summed E-state index contributed by atoms with van der Waals surface area (Å²) >= 11 is 7.73. The first-order valence-corrected chi connectivity index (χ1v) is 5.59. The summed E-state index contributed by atoms with van der Waals surface area (Å²) in [6.07, 6.45) is 0.946. The zero-order chi connectivity index (χ0) is 9.84. The minimum Gasteiger partial charge on any atom is -0.303 e. The van der Waals surface area contributed by atoms with Gasteiger partial charge in [-0.1, -0.05) is 35.0 Å². The summed E-state index contributed by atoms with van der Waals surface area (Å²) in [7, 11) is 0. The van der Waals surface area contributed by atoms with Crippen molar-refractivity contribution in [2.24, 2.45) is 0 Å². The molecule has 13 heavy (non-hydrogen) atoms. The molecule has 0 spiro atoms. The first-order chi connectivity index (χ1) is 6.20. The first-order valence-electron chi connectivity index (χ1n) is 4.02. The molecular formula is C10H11BrOS. The second-order valence-corrected chi connectivity index (χ2v) is 3.95. The van der Waals surface area contributed by atoms with Crippen LogP contribution >= 0.6 is 28.6 Å². The molecular weight excluding hydrogens is 248 g/mol. The molecule has 1 nitrogen and oxygen atoms in total. The summed E-state index contributed by atoms with van der Waals surface area (Å²) in [5.41, 5.74) is 2.16. The van der Waals surface area contributed by atoms with Gasteiger partial charge in [0.2, 0.25) is 0 Å². The molecule has 1 unspecified atom stereocenters. The van der Waals surface area contributed by atoms with Crippen molar-refractivity contribution in [1.82, 2.24) is 0 Å². The molecule has 0 saturated heterocycles. The van der Waals surface area contributed by atoms with Gasteiger partial charge >= 0.3 is 0 Å². The highest BCUT2D eigenvalue weighted by molar-refractivity contribution is 9.08. The molecule has 0 fully saturated rings. The summed E-state index contributed by atoms with van der Waals surface area (Å²) in [5, 5.41) is 0.759. The number of benzene rings is 1. The fourth-order valence-corrected chi connectivity index (χ4v) is 2.23. The van der Waals surface area contributed by atoms with E-state index in [1.165, 1.54) is 0 Å². The summed E-state index contributed by atoms with van der Waals surface area (Å²) < 4.78 is 0. The van der Waals surface area contributed by atoms with E-state index >= 15 is 0 Å². The summed E-state index contributed by atoms with van der Waals surface area (Å²) in [6.45, 7) is 1.88. The van der Waals surface area contributed by atoms with Gasteiger partial charge < -0.3 is 4.79 Å². The van der Waals surface area contributed by atoms with Gasteiger partial charge in [-0.3, -0.25) is 0 Å². The monoisotopic (exact) mass is 258 g/mol. The molecule has 0 aliphatic carbocycles. The van der Waals surface area contributed by atoms with Gasteiger partial charge in [0, 0.05) is 16.1 Å². The molecule has 1 rings (SSSR count). The zero-order valence-corrected chi connectivity index (χ0v) is 9.81. The quantitative estimate of drug-likeness (QED) is 0.501. The third-order valence-electron chi connectivity index (χ3n) is 1.98. The number of hydrogen-bond acceptors (Lipinski definition) is 2. The Hall–Kier alpha value is -0.280. The van der Waals surface area contributed by atoms with Crippen LogP contribution in [-0.4, -0.2) is 6.29 Å². The van der Waals surface area contributed by atoms with Crippen LogP contribution in [0, 0.1) is 0 Å². The van der Waals surface area contributed by atoms with Crippen LogP contribution in [0.1, 0.15) is 24.0 Å². The number of halogens is 1. The second kappa shape index (κ2) is 4.82. The van der Waals surface area contributed by atoms with Crippen LogP contribution in [0.5, 0.6) is 0 Å². The molecule has 0 saturated carbocycles. The van der Waals surface area contributed by atoms with Gasteiger partial charge in [-0.05, 0) is 17.2 Å². The average molecular weight is 259 g/mol. The van der Waals surface area contributed by atoms with Gasteiger partial charge in [0.15, 0.2) is 0 Å². The normalized spacial score (nSPS) is 12.5. The zero-order valence-electron chi connectivity index (χ0n) is 7.33. The molecule has 0 N–H and O–H groups in total. The standard InChI is InChI=1S/C10H11BrOS/c1-7(6-12)10-8(5-11)3-2-4-9(10)13/h2-4,6-7,13H,5H2,1H3. The maximum atomic E-state index is 10.7. The largest absolute Gasteiger partial charge is 0.303 e. The molecule has 0 amide bonds. The number of carbonyl (C=O) groups is 1. The third kappa shape index (κ3) is 2.35. The van der Waals surface area contributed by atoms with Crippen molar-refractivity contribution < 1.29 is 4.79 Å². The van der Waals surface area contributed by atoms with Gasteiger partial charge in [0.25, 0.3) is 0 Å². The summed E-state index contributed by atoms with van der Waals surface area (Å²) in [5.74, 6) is -0.0822. The SMILES string of the molecule is CC(C=O)c1c(S)cccc1CBr. The smallest absolute Gasteiger partial charge is 0.127 e. The molecule has 1 aromatic rings. The van der Waals surface area contributed by atoms with Crippen LogP contribution in [0.3, 0.4) is 0 Å². The maximum absolute atomic E-state index is 10.7. The van der Waals surface area contributed by atoms with E-state index in [2.05, 4.69) is 28.6 Å². The van der Waals surface area contributed by atoms with E-state index < -0.39 is 0 Å². The van der Waals surface area contributed by atoms with Crippen LogP contribution in [0.15, 0.2) is 23.1 Å². The van der Waals surface area contributed by atoms with Crippen LogP contribution in [0.2, 0.25) is 0 Å². The van der Waals surface area contributed by atoms with Crippen LogP contribution < -0.4 is 0 Å².